The van der Waals surface area contributed by atoms with Gasteiger partial charge in [0.15, 0.2) is 0 Å². The van der Waals surface area contributed by atoms with Gasteiger partial charge in [0.2, 0.25) is 10.0 Å². The highest BCUT2D eigenvalue weighted by molar-refractivity contribution is 7.89. The summed E-state index contributed by atoms with van der Waals surface area (Å²) in [5.74, 6) is 0.608. The molecule has 0 aliphatic carbocycles. The predicted molar refractivity (Wildman–Crippen MR) is 110 cm³/mol. The largest absolute Gasteiger partial charge is 0.497 e. The topological polar surface area (TPSA) is 84.9 Å². The molecule has 1 aliphatic rings. The maximum atomic E-state index is 12.6. The van der Waals surface area contributed by atoms with E-state index in [4.69, 9.17) is 9.47 Å². The van der Waals surface area contributed by atoms with Gasteiger partial charge in [0.25, 0.3) is 5.91 Å². The second-order valence-corrected chi connectivity index (χ2v) is 8.69. The number of hydrogen-bond donors (Lipinski definition) is 1. The summed E-state index contributed by atoms with van der Waals surface area (Å²) >= 11 is 0. The molecule has 1 aliphatic heterocycles. The third kappa shape index (κ3) is 5.56. The van der Waals surface area contributed by atoms with Gasteiger partial charge >= 0.3 is 0 Å². The molecule has 1 N–H and O–H groups in total. The number of ether oxygens (including phenoxy) is 2. The first kappa shape index (κ1) is 21.3. The van der Waals surface area contributed by atoms with Gasteiger partial charge in [-0.15, -0.1) is 0 Å². The van der Waals surface area contributed by atoms with Crippen LogP contribution in [0.1, 0.15) is 22.3 Å². The molecule has 156 valence electrons. The van der Waals surface area contributed by atoms with Crippen LogP contribution in [0, 0.1) is 0 Å². The van der Waals surface area contributed by atoms with Crippen molar-refractivity contribution in [1.82, 2.24) is 9.62 Å². The lowest BCUT2D eigenvalue weighted by Crippen LogP contribution is -2.40. The SMILES string of the molecule is COc1ccc(CCCNC(=O)c2ccc(S(=O)(=O)N3CCOCC3)cc2)cc1. The zero-order valence-corrected chi connectivity index (χ0v) is 17.3. The molecule has 0 bridgehead atoms. The highest BCUT2D eigenvalue weighted by Gasteiger charge is 2.26. The van der Waals surface area contributed by atoms with Gasteiger partial charge in [-0.2, -0.15) is 4.31 Å². The zero-order chi connectivity index (χ0) is 20.7. The number of rotatable bonds is 8. The van der Waals surface area contributed by atoms with Crippen molar-refractivity contribution in [2.24, 2.45) is 0 Å². The number of methoxy groups -OCH3 is 1. The number of benzene rings is 2. The van der Waals surface area contributed by atoms with E-state index in [1.54, 1.807) is 19.2 Å². The molecule has 1 fully saturated rings. The van der Waals surface area contributed by atoms with Crippen LogP contribution >= 0.6 is 0 Å². The minimum Gasteiger partial charge on any atom is -0.497 e. The van der Waals surface area contributed by atoms with Crippen molar-refractivity contribution < 1.29 is 22.7 Å². The van der Waals surface area contributed by atoms with E-state index in [-0.39, 0.29) is 10.8 Å². The van der Waals surface area contributed by atoms with Crippen LogP contribution in [-0.4, -0.2) is 58.6 Å². The summed E-state index contributed by atoms with van der Waals surface area (Å²) in [6.45, 7) is 2.03. The van der Waals surface area contributed by atoms with Crippen LogP contribution in [-0.2, 0) is 21.2 Å². The van der Waals surface area contributed by atoms with Gasteiger partial charge in [0, 0.05) is 25.2 Å². The first-order chi connectivity index (χ1) is 14.0. The normalized spacial score (nSPS) is 15.1. The molecular weight excluding hydrogens is 392 g/mol. The highest BCUT2D eigenvalue weighted by Crippen LogP contribution is 2.18. The molecule has 0 radical (unpaired) electrons. The molecular formula is C21H26N2O5S. The first-order valence-electron chi connectivity index (χ1n) is 9.60. The van der Waals surface area contributed by atoms with E-state index in [1.807, 2.05) is 24.3 Å². The molecule has 0 aromatic heterocycles. The molecule has 3 rings (SSSR count). The van der Waals surface area contributed by atoms with Crippen LogP contribution in [0.4, 0.5) is 0 Å². The molecule has 0 atom stereocenters. The molecule has 7 nitrogen and oxygen atoms in total. The van der Waals surface area contributed by atoms with Crippen molar-refractivity contribution >= 4 is 15.9 Å². The van der Waals surface area contributed by atoms with Crippen LogP contribution in [0.2, 0.25) is 0 Å². The molecule has 29 heavy (non-hydrogen) atoms. The van der Waals surface area contributed by atoms with E-state index in [2.05, 4.69) is 5.32 Å². The zero-order valence-electron chi connectivity index (χ0n) is 16.5. The minimum atomic E-state index is -3.55. The van der Waals surface area contributed by atoms with Crippen molar-refractivity contribution in [2.45, 2.75) is 17.7 Å². The van der Waals surface area contributed by atoms with E-state index in [1.165, 1.54) is 22.0 Å². The Morgan fingerprint density at radius 2 is 1.72 bits per heavy atom. The maximum Gasteiger partial charge on any atom is 0.251 e. The van der Waals surface area contributed by atoms with Gasteiger partial charge in [0.1, 0.15) is 5.75 Å². The van der Waals surface area contributed by atoms with Gasteiger partial charge in [0.05, 0.1) is 25.2 Å². The number of hydrogen-bond acceptors (Lipinski definition) is 5. The molecule has 2 aromatic carbocycles. The minimum absolute atomic E-state index is 0.190. The summed E-state index contributed by atoms with van der Waals surface area (Å²) in [6, 6.07) is 13.9. The Labute approximate surface area is 171 Å². The molecule has 0 saturated carbocycles. The van der Waals surface area contributed by atoms with Gasteiger partial charge in [-0.1, -0.05) is 12.1 Å². The highest BCUT2D eigenvalue weighted by atomic mass is 32.2. The second-order valence-electron chi connectivity index (χ2n) is 6.75. The standard InChI is InChI=1S/C21H26N2O5S/c1-27-19-8-4-17(5-9-19)3-2-12-22-21(24)18-6-10-20(11-7-18)29(25,26)23-13-15-28-16-14-23/h4-11H,2-3,12-16H2,1H3,(H,22,24). The Balaban J connectivity index is 1.49. The van der Waals surface area contributed by atoms with Crippen molar-refractivity contribution in [3.63, 3.8) is 0 Å². The van der Waals surface area contributed by atoms with Crippen LogP contribution in [0.3, 0.4) is 0 Å². The van der Waals surface area contributed by atoms with Gasteiger partial charge in [-0.3, -0.25) is 4.79 Å². The van der Waals surface area contributed by atoms with E-state index in [9.17, 15) is 13.2 Å². The van der Waals surface area contributed by atoms with Crippen molar-refractivity contribution in [1.29, 1.82) is 0 Å². The Morgan fingerprint density at radius 1 is 1.07 bits per heavy atom. The number of carbonyl (C=O) groups excluding carboxylic acids is 1. The Bertz CT molecular complexity index is 905. The second kappa shape index (κ2) is 9.87. The van der Waals surface area contributed by atoms with Crippen molar-refractivity contribution in [2.75, 3.05) is 40.0 Å². The van der Waals surface area contributed by atoms with Crippen LogP contribution in [0.5, 0.6) is 5.75 Å². The van der Waals surface area contributed by atoms with Gasteiger partial charge in [-0.05, 0) is 54.8 Å². The summed E-state index contributed by atoms with van der Waals surface area (Å²) in [4.78, 5) is 12.5. The summed E-state index contributed by atoms with van der Waals surface area (Å²) in [6.07, 6.45) is 1.66. The summed E-state index contributed by atoms with van der Waals surface area (Å²) in [5, 5.41) is 2.87. The molecule has 1 heterocycles. The van der Waals surface area contributed by atoms with Crippen molar-refractivity contribution in [3.05, 3.63) is 59.7 Å². The maximum absolute atomic E-state index is 12.6. The average molecular weight is 419 g/mol. The fraction of sp³-hybridized carbons (Fsp3) is 0.381. The molecule has 8 heteroatoms. The van der Waals surface area contributed by atoms with E-state index < -0.39 is 10.0 Å². The Morgan fingerprint density at radius 3 is 2.34 bits per heavy atom. The number of aryl methyl sites for hydroxylation is 1. The summed E-state index contributed by atoms with van der Waals surface area (Å²) < 4.78 is 37.0. The summed E-state index contributed by atoms with van der Waals surface area (Å²) in [7, 11) is -1.91. The molecule has 2 aromatic rings. The van der Waals surface area contributed by atoms with Crippen LogP contribution in [0.25, 0.3) is 0 Å². The van der Waals surface area contributed by atoms with E-state index in [0.29, 0.717) is 38.4 Å². The molecule has 0 spiro atoms. The molecule has 0 unspecified atom stereocenters. The number of carbonyl (C=O) groups is 1. The Kier molecular flexibility index (Phi) is 7.24. The van der Waals surface area contributed by atoms with E-state index >= 15 is 0 Å². The lowest BCUT2D eigenvalue weighted by atomic mass is 10.1. The number of sulfonamides is 1. The summed E-state index contributed by atoms with van der Waals surface area (Å²) in [5.41, 5.74) is 1.62. The number of nitrogens with zero attached hydrogens (tertiary/aromatic N) is 1. The van der Waals surface area contributed by atoms with E-state index in [0.717, 1.165) is 18.6 Å². The van der Waals surface area contributed by atoms with Gasteiger partial charge < -0.3 is 14.8 Å². The van der Waals surface area contributed by atoms with Crippen molar-refractivity contribution in [3.8, 4) is 5.75 Å². The molecule has 1 amide bonds. The van der Waals surface area contributed by atoms with Crippen LogP contribution in [0.15, 0.2) is 53.4 Å². The Hall–Kier alpha value is -2.42. The smallest absolute Gasteiger partial charge is 0.251 e. The third-order valence-electron chi connectivity index (χ3n) is 4.81. The number of amides is 1. The predicted octanol–water partition coefficient (Wildman–Crippen LogP) is 2.08. The quantitative estimate of drug-likeness (QED) is 0.664. The van der Waals surface area contributed by atoms with Gasteiger partial charge in [-0.25, -0.2) is 8.42 Å². The fourth-order valence-electron chi connectivity index (χ4n) is 3.10. The lowest BCUT2D eigenvalue weighted by Gasteiger charge is -2.26. The number of nitrogens with one attached hydrogen (secondary N) is 1. The monoisotopic (exact) mass is 418 g/mol. The average Bonchev–Trinajstić information content (AvgIpc) is 2.77. The number of morpholine rings is 1. The molecule has 1 saturated heterocycles. The fourth-order valence-corrected chi connectivity index (χ4v) is 4.51. The first-order valence-corrected chi connectivity index (χ1v) is 11.0. The van der Waals surface area contributed by atoms with Crippen LogP contribution < -0.4 is 10.1 Å². The third-order valence-corrected chi connectivity index (χ3v) is 6.72. The lowest BCUT2D eigenvalue weighted by molar-refractivity contribution is 0.0730.